The van der Waals surface area contributed by atoms with Crippen LogP contribution in [0.15, 0.2) is 176 Å². The molecule has 0 bridgehead atoms. The Kier molecular flexibility index (Phi) is 9.59. The average Bonchev–Trinajstić information content (AvgIpc) is 3.17. The molecule has 0 radical (unpaired) electrons. The lowest BCUT2D eigenvalue weighted by Crippen LogP contribution is -2.28. The number of anilines is 6. The van der Waals surface area contributed by atoms with E-state index in [1.54, 1.807) is 0 Å². The number of rotatable bonds is 10. The van der Waals surface area contributed by atoms with Crippen molar-refractivity contribution in [3.63, 3.8) is 0 Å². The minimum atomic E-state index is -0.338. The summed E-state index contributed by atoms with van der Waals surface area (Å²) in [6, 6.07) is 64.6. The van der Waals surface area contributed by atoms with Crippen LogP contribution in [0.5, 0.6) is 0 Å². The molecule has 0 fully saturated rings. The summed E-state index contributed by atoms with van der Waals surface area (Å²) in [4.78, 5) is 4.69. The second-order valence-electron chi connectivity index (χ2n) is 13.7. The fraction of sp³-hybridized carbons (Fsp3) is 0.143. The maximum Gasteiger partial charge on any atom is 0.0461 e. The van der Waals surface area contributed by atoms with E-state index in [4.69, 9.17) is 0 Å². The van der Waals surface area contributed by atoms with Gasteiger partial charge in [-0.2, -0.15) is 0 Å². The molecule has 2 nitrogen and oxygen atoms in total. The highest BCUT2D eigenvalue weighted by molar-refractivity contribution is 5.78. The van der Waals surface area contributed by atoms with Gasteiger partial charge in [-0.1, -0.05) is 132 Å². The topological polar surface area (TPSA) is 6.48 Å². The van der Waals surface area contributed by atoms with Gasteiger partial charge >= 0.3 is 0 Å². The van der Waals surface area contributed by atoms with Crippen LogP contribution in [0.3, 0.4) is 0 Å². The summed E-state index contributed by atoms with van der Waals surface area (Å²) < 4.78 is 0. The Morgan fingerprint density at radius 2 is 0.549 bits per heavy atom. The first-order valence-corrected chi connectivity index (χ1v) is 18.0. The van der Waals surface area contributed by atoms with Gasteiger partial charge in [0.2, 0.25) is 0 Å². The van der Waals surface area contributed by atoms with Crippen LogP contribution < -0.4 is 9.80 Å². The summed E-state index contributed by atoms with van der Waals surface area (Å²) in [6.07, 6.45) is 0.912. The van der Waals surface area contributed by atoms with Gasteiger partial charge in [-0.3, -0.25) is 0 Å². The molecule has 0 aromatic heterocycles. The molecule has 2 heteroatoms. The lowest BCUT2D eigenvalue weighted by Gasteiger charge is -2.36. The highest BCUT2D eigenvalue weighted by Crippen LogP contribution is 2.45. The molecule has 7 rings (SSSR count). The molecule has 0 aliphatic carbocycles. The molecule has 0 aliphatic heterocycles. The van der Waals surface area contributed by atoms with Gasteiger partial charge in [0.15, 0.2) is 0 Å². The number of hydrogen-bond acceptors (Lipinski definition) is 2. The van der Waals surface area contributed by atoms with E-state index >= 15 is 0 Å². The maximum absolute atomic E-state index is 2.35. The molecule has 7 aromatic carbocycles. The summed E-state index contributed by atoms with van der Waals surface area (Å²) in [7, 11) is 0. The lowest BCUT2D eigenvalue weighted by atomic mass is 9.67. The van der Waals surface area contributed by atoms with Crippen LogP contribution in [-0.2, 0) is 5.41 Å². The van der Waals surface area contributed by atoms with E-state index < -0.39 is 0 Å². The third kappa shape index (κ3) is 6.83. The molecule has 7 aromatic rings. The smallest absolute Gasteiger partial charge is 0.0461 e. The molecule has 0 aliphatic rings. The molecule has 0 amide bonds. The van der Waals surface area contributed by atoms with E-state index in [9.17, 15) is 0 Å². The van der Waals surface area contributed by atoms with Gasteiger partial charge in [0.05, 0.1) is 0 Å². The monoisotopic (exact) mass is 662 g/mol. The number of hydrogen-bond donors (Lipinski definition) is 0. The van der Waals surface area contributed by atoms with Crippen molar-refractivity contribution in [2.75, 3.05) is 9.80 Å². The first kappa shape index (κ1) is 33.6. The van der Waals surface area contributed by atoms with Crippen molar-refractivity contribution in [3.8, 4) is 0 Å². The van der Waals surface area contributed by atoms with E-state index in [-0.39, 0.29) is 5.41 Å². The Morgan fingerprint density at radius 1 is 0.314 bits per heavy atom. The molecule has 0 heterocycles. The van der Waals surface area contributed by atoms with Crippen LogP contribution in [0, 0.1) is 27.7 Å². The second kappa shape index (κ2) is 14.5. The van der Waals surface area contributed by atoms with Crippen molar-refractivity contribution in [2.45, 2.75) is 46.5 Å². The Bertz CT molecular complexity index is 1930. The van der Waals surface area contributed by atoms with Crippen molar-refractivity contribution in [2.24, 2.45) is 0 Å². The van der Waals surface area contributed by atoms with E-state index in [1.807, 2.05) is 0 Å². The van der Waals surface area contributed by atoms with Crippen LogP contribution in [0.4, 0.5) is 34.1 Å². The summed E-state index contributed by atoms with van der Waals surface area (Å²) in [5, 5.41) is 0. The molecule has 0 atom stereocenters. The second-order valence-corrected chi connectivity index (χ2v) is 13.7. The molecule has 51 heavy (non-hydrogen) atoms. The predicted octanol–water partition coefficient (Wildman–Crippen LogP) is 13.6. The van der Waals surface area contributed by atoms with Crippen LogP contribution in [0.25, 0.3) is 0 Å². The van der Waals surface area contributed by atoms with Crippen LogP contribution in [0.2, 0.25) is 0 Å². The molecular weight excluding hydrogens is 617 g/mol. The SMILES string of the molecule is CCC(c1ccccc1)(c1ccc(N(c2ccc(C)cc2)c2ccc(C)cc2)cc1)c1ccc(N(c2ccc(C)cc2)c2ccc(C)cc2)cc1. The van der Waals surface area contributed by atoms with Crippen LogP contribution in [-0.4, -0.2) is 0 Å². The quantitative estimate of drug-likeness (QED) is 0.135. The zero-order chi connectivity index (χ0) is 35.4. The lowest BCUT2D eigenvalue weighted by molar-refractivity contribution is 0.594. The van der Waals surface area contributed by atoms with Crippen molar-refractivity contribution >= 4 is 34.1 Å². The zero-order valence-corrected chi connectivity index (χ0v) is 30.3. The third-order valence-corrected chi connectivity index (χ3v) is 10.2. The van der Waals surface area contributed by atoms with Crippen LogP contribution >= 0.6 is 0 Å². The van der Waals surface area contributed by atoms with Crippen molar-refractivity contribution in [3.05, 3.63) is 215 Å². The van der Waals surface area contributed by atoms with E-state index in [2.05, 4.69) is 220 Å². The van der Waals surface area contributed by atoms with Crippen molar-refractivity contribution in [1.29, 1.82) is 0 Å². The van der Waals surface area contributed by atoms with Gasteiger partial charge in [-0.05, 0) is 124 Å². The maximum atomic E-state index is 2.35. The van der Waals surface area contributed by atoms with E-state index in [0.717, 1.165) is 40.5 Å². The Morgan fingerprint density at radius 3 is 0.804 bits per heavy atom. The molecule has 0 spiro atoms. The third-order valence-electron chi connectivity index (χ3n) is 10.2. The van der Waals surface area contributed by atoms with Gasteiger partial charge in [0.1, 0.15) is 0 Å². The van der Waals surface area contributed by atoms with Crippen molar-refractivity contribution < 1.29 is 0 Å². The molecule has 0 saturated heterocycles. The normalized spacial score (nSPS) is 11.3. The summed E-state index contributed by atoms with van der Waals surface area (Å²) >= 11 is 0. The van der Waals surface area contributed by atoms with Gasteiger partial charge in [-0.15, -0.1) is 0 Å². The highest BCUT2D eigenvalue weighted by atomic mass is 15.1. The van der Waals surface area contributed by atoms with Gasteiger partial charge in [0, 0.05) is 39.5 Å². The molecule has 0 saturated carbocycles. The highest BCUT2D eigenvalue weighted by Gasteiger charge is 2.35. The van der Waals surface area contributed by atoms with Gasteiger partial charge in [-0.25, -0.2) is 0 Å². The summed E-state index contributed by atoms with van der Waals surface area (Å²) in [6.45, 7) is 10.9. The van der Waals surface area contributed by atoms with E-state index in [1.165, 1.54) is 38.9 Å². The number of nitrogens with zero attached hydrogens (tertiary/aromatic N) is 2. The zero-order valence-electron chi connectivity index (χ0n) is 30.3. The Labute approximate surface area is 304 Å². The largest absolute Gasteiger partial charge is 0.311 e. The summed E-state index contributed by atoms with van der Waals surface area (Å²) in [5.74, 6) is 0. The van der Waals surface area contributed by atoms with E-state index in [0.29, 0.717) is 0 Å². The minimum absolute atomic E-state index is 0.338. The molecule has 0 unspecified atom stereocenters. The van der Waals surface area contributed by atoms with Crippen LogP contribution in [0.1, 0.15) is 52.3 Å². The summed E-state index contributed by atoms with van der Waals surface area (Å²) in [5.41, 5.74) is 15.3. The minimum Gasteiger partial charge on any atom is -0.311 e. The number of benzene rings is 7. The standard InChI is InChI=1S/C49H46N2/c1-6-49(40-10-8-7-9-11-40,41-20-32-47(33-21-41)50(43-24-12-36(2)13-25-43)44-26-14-37(3)15-27-44)42-22-34-48(35-23-42)51(45-28-16-38(4)17-29-45)46-30-18-39(5)19-31-46/h7-35H,6H2,1-5H3. The van der Waals surface area contributed by atoms with Crippen molar-refractivity contribution in [1.82, 2.24) is 0 Å². The first-order valence-electron chi connectivity index (χ1n) is 18.0. The molecule has 0 N–H and O–H groups in total. The number of aryl methyl sites for hydroxylation is 4. The van der Waals surface area contributed by atoms with Gasteiger partial charge < -0.3 is 9.80 Å². The average molecular weight is 663 g/mol. The Hall–Kier alpha value is -5.86. The fourth-order valence-corrected chi connectivity index (χ4v) is 7.29. The Balaban J connectivity index is 1.32. The molecular formula is C49H46N2. The van der Waals surface area contributed by atoms with Gasteiger partial charge in [0.25, 0.3) is 0 Å². The molecule has 252 valence electrons. The fourth-order valence-electron chi connectivity index (χ4n) is 7.29. The first-order chi connectivity index (χ1) is 24.9. The predicted molar refractivity (Wildman–Crippen MR) is 218 cm³/mol.